The van der Waals surface area contributed by atoms with Crippen LogP contribution < -0.4 is 9.47 Å². The van der Waals surface area contributed by atoms with Crippen LogP contribution in [0.15, 0.2) is 23.8 Å². The molecule has 1 aliphatic heterocycles. The molecule has 1 saturated heterocycles. The lowest BCUT2D eigenvalue weighted by Gasteiger charge is -2.33. The summed E-state index contributed by atoms with van der Waals surface area (Å²) in [6, 6.07) is 4.03. The summed E-state index contributed by atoms with van der Waals surface area (Å²) in [6.07, 6.45) is 2.92. The van der Waals surface area contributed by atoms with Crippen LogP contribution in [0.5, 0.6) is 11.5 Å². The molecule has 1 aromatic carbocycles. The normalized spacial score (nSPS) is 20.5. The van der Waals surface area contributed by atoms with Crippen LogP contribution >= 0.6 is 0 Å². The number of carboxylic acids is 1. The monoisotopic (exact) mass is 319 g/mol. The fourth-order valence-corrected chi connectivity index (χ4v) is 3.22. The largest absolute Gasteiger partial charge is 0.496 e. The summed E-state index contributed by atoms with van der Waals surface area (Å²) in [7, 11) is 5.36. The van der Waals surface area contributed by atoms with Gasteiger partial charge in [0, 0.05) is 30.6 Å². The van der Waals surface area contributed by atoms with Crippen LogP contribution in [-0.2, 0) is 11.2 Å². The van der Waals surface area contributed by atoms with Gasteiger partial charge in [0.2, 0.25) is 0 Å². The number of likely N-dealkylation sites (N-methyl/N-ethyl adjacent to an activating group) is 1. The van der Waals surface area contributed by atoms with Crippen molar-refractivity contribution in [2.24, 2.45) is 0 Å². The fraction of sp³-hybridized carbons (Fsp3) is 0.500. The van der Waals surface area contributed by atoms with E-state index < -0.39 is 5.97 Å². The number of hydrogen-bond acceptors (Lipinski definition) is 4. The van der Waals surface area contributed by atoms with E-state index in [0.29, 0.717) is 0 Å². The third-order valence-corrected chi connectivity index (χ3v) is 4.42. The number of methoxy groups -OCH3 is 2. The van der Waals surface area contributed by atoms with Crippen LogP contribution in [-0.4, -0.2) is 50.3 Å². The minimum absolute atomic E-state index is 0.0403. The summed E-state index contributed by atoms with van der Waals surface area (Å²) in [5, 5.41) is 9.14. The SMILES string of the molecule is CCc1c(OC)cc(C2CN(C)CCC2=CC(=O)O)cc1OC. The van der Waals surface area contributed by atoms with Gasteiger partial charge in [0.05, 0.1) is 14.2 Å². The maximum Gasteiger partial charge on any atom is 0.328 e. The van der Waals surface area contributed by atoms with Gasteiger partial charge < -0.3 is 19.5 Å². The topological polar surface area (TPSA) is 59.0 Å². The molecule has 23 heavy (non-hydrogen) atoms. The van der Waals surface area contributed by atoms with Crippen molar-refractivity contribution in [1.82, 2.24) is 4.90 Å². The average molecular weight is 319 g/mol. The van der Waals surface area contributed by atoms with Crippen molar-refractivity contribution in [2.45, 2.75) is 25.7 Å². The molecule has 1 heterocycles. The molecule has 0 aromatic heterocycles. The molecule has 0 aliphatic carbocycles. The average Bonchev–Trinajstić information content (AvgIpc) is 2.54. The van der Waals surface area contributed by atoms with Gasteiger partial charge in [-0.2, -0.15) is 0 Å². The van der Waals surface area contributed by atoms with Gasteiger partial charge in [-0.3, -0.25) is 0 Å². The number of hydrogen-bond donors (Lipinski definition) is 1. The molecule has 2 rings (SSSR count). The van der Waals surface area contributed by atoms with E-state index in [4.69, 9.17) is 14.6 Å². The van der Waals surface area contributed by atoms with Crippen molar-refractivity contribution in [2.75, 3.05) is 34.4 Å². The van der Waals surface area contributed by atoms with Gasteiger partial charge in [0.1, 0.15) is 11.5 Å². The predicted octanol–water partition coefficient (Wildman–Crippen LogP) is 2.70. The van der Waals surface area contributed by atoms with Crippen LogP contribution in [0.3, 0.4) is 0 Å². The summed E-state index contributed by atoms with van der Waals surface area (Å²) >= 11 is 0. The fourth-order valence-electron chi connectivity index (χ4n) is 3.22. The molecule has 0 amide bonds. The number of nitrogens with zero attached hydrogens (tertiary/aromatic N) is 1. The zero-order chi connectivity index (χ0) is 17.0. The highest BCUT2D eigenvalue weighted by Gasteiger charge is 2.26. The third kappa shape index (κ3) is 3.85. The van der Waals surface area contributed by atoms with Gasteiger partial charge in [-0.15, -0.1) is 0 Å². The highest BCUT2D eigenvalue weighted by atomic mass is 16.5. The maximum atomic E-state index is 11.1. The second-order valence-electron chi connectivity index (χ2n) is 5.88. The number of ether oxygens (including phenoxy) is 2. The quantitative estimate of drug-likeness (QED) is 0.846. The van der Waals surface area contributed by atoms with Gasteiger partial charge in [0.25, 0.3) is 0 Å². The molecular weight excluding hydrogens is 294 g/mol. The van der Waals surface area contributed by atoms with Crippen molar-refractivity contribution in [3.63, 3.8) is 0 Å². The zero-order valence-corrected chi connectivity index (χ0v) is 14.3. The number of carbonyl (C=O) groups is 1. The summed E-state index contributed by atoms with van der Waals surface area (Å²) < 4.78 is 11.0. The predicted molar refractivity (Wildman–Crippen MR) is 89.5 cm³/mol. The van der Waals surface area contributed by atoms with Crippen molar-refractivity contribution >= 4 is 5.97 Å². The first-order valence-electron chi connectivity index (χ1n) is 7.86. The highest BCUT2D eigenvalue weighted by molar-refractivity contribution is 5.81. The first-order chi connectivity index (χ1) is 11.0. The minimum atomic E-state index is -0.890. The number of benzene rings is 1. The van der Waals surface area contributed by atoms with E-state index in [1.54, 1.807) is 14.2 Å². The molecular formula is C18H25NO4. The molecule has 1 aromatic rings. The second-order valence-corrected chi connectivity index (χ2v) is 5.88. The molecule has 0 radical (unpaired) electrons. The van der Waals surface area contributed by atoms with E-state index in [9.17, 15) is 4.79 Å². The lowest BCUT2D eigenvalue weighted by atomic mass is 9.84. The lowest BCUT2D eigenvalue weighted by Crippen LogP contribution is -2.32. The van der Waals surface area contributed by atoms with E-state index in [2.05, 4.69) is 18.9 Å². The lowest BCUT2D eigenvalue weighted by molar-refractivity contribution is -0.131. The molecule has 1 unspecified atom stereocenters. The Morgan fingerprint density at radius 1 is 1.35 bits per heavy atom. The molecule has 1 aliphatic rings. The third-order valence-electron chi connectivity index (χ3n) is 4.42. The molecule has 126 valence electrons. The first-order valence-corrected chi connectivity index (χ1v) is 7.86. The summed E-state index contributed by atoms with van der Waals surface area (Å²) in [4.78, 5) is 13.4. The van der Waals surface area contributed by atoms with Gasteiger partial charge in [-0.1, -0.05) is 12.5 Å². The number of aliphatic carboxylic acids is 1. The van der Waals surface area contributed by atoms with Crippen molar-refractivity contribution in [3.8, 4) is 11.5 Å². The Labute approximate surface area is 137 Å². The Morgan fingerprint density at radius 3 is 2.43 bits per heavy atom. The molecule has 5 nitrogen and oxygen atoms in total. The molecule has 5 heteroatoms. The van der Waals surface area contributed by atoms with E-state index in [-0.39, 0.29) is 5.92 Å². The Hall–Kier alpha value is -2.01. The number of carboxylic acid groups (broad SMARTS) is 1. The summed E-state index contributed by atoms with van der Waals surface area (Å²) in [5.74, 6) is 0.742. The van der Waals surface area contributed by atoms with Gasteiger partial charge >= 0.3 is 5.97 Å². The van der Waals surface area contributed by atoms with Crippen LogP contribution in [0.4, 0.5) is 0 Å². The standard InChI is InChI=1S/C18H25NO4/c1-5-14-16(22-3)8-13(9-17(14)23-4)15-11-19(2)7-6-12(15)10-18(20)21/h8-10,15H,5-7,11H2,1-4H3,(H,20,21). The Kier molecular flexibility index (Phi) is 5.66. The molecule has 1 N–H and O–H groups in total. The van der Waals surface area contributed by atoms with Crippen LogP contribution in [0.2, 0.25) is 0 Å². The second kappa shape index (κ2) is 7.51. The van der Waals surface area contributed by atoms with Crippen molar-refractivity contribution in [1.29, 1.82) is 0 Å². The Morgan fingerprint density at radius 2 is 1.96 bits per heavy atom. The van der Waals surface area contributed by atoms with Crippen LogP contribution in [0.1, 0.15) is 30.4 Å². The van der Waals surface area contributed by atoms with Crippen molar-refractivity contribution < 1.29 is 19.4 Å². The summed E-state index contributed by atoms with van der Waals surface area (Å²) in [5.41, 5.74) is 3.02. The minimum Gasteiger partial charge on any atom is -0.496 e. The Bertz CT molecular complexity index is 584. The molecule has 1 atom stereocenters. The van der Waals surface area contributed by atoms with E-state index >= 15 is 0 Å². The Balaban J connectivity index is 2.50. The van der Waals surface area contributed by atoms with Crippen LogP contribution in [0.25, 0.3) is 0 Å². The number of likely N-dealkylation sites (tertiary alicyclic amines) is 1. The molecule has 1 fully saturated rings. The maximum absolute atomic E-state index is 11.1. The summed E-state index contributed by atoms with van der Waals surface area (Å²) in [6.45, 7) is 3.72. The number of rotatable bonds is 5. The van der Waals surface area contributed by atoms with Gasteiger partial charge in [-0.05, 0) is 37.6 Å². The molecule has 0 spiro atoms. The molecule has 0 saturated carbocycles. The van der Waals surface area contributed by atoms with E-state index in [1.807, 2.05) is 12.1 Å². The first kappa shape index (κ1) is 17.3. The van der Waals surface area contributed by atoms with Crippen molar-refractivity contribution in [3.05, 3.63) is 34.9 Å². The van der Waals surface area contributed by atoms with Gasteiger partial charge in [0.15, 0.2) is 0 Å². The van der Waals surface area contributed by atoms with E-state index in [0.717, 1.165) is 54.1 Å². The van der Waals surface area contributed by atoms with Crippen LogP contribution in [0, 0.1) is 0 Å². The highest BCUT2D eigenvalue weighted by Crippen LogP contribution is 2.38. The smallest absolute Gasteiger partial charge is 0.328 e. The molecule has 0 bridgehead atoms. The van der Waals surface area contributed by atoms with Gasteiger partial charge in [-0.25, -0.2) is 4.79 Å². The number of piperidine rings is 1. The van der Waals surface area contributed by atoms with E-state index in [1.165, 1.54) is 6.08 Å². The zero-order valence-electron chi connectivity index (χ0n) is 14.3.